The molecule has 0 N–H and O–H groups in total. The van der Waals surface area contributed by atoms with Crippen molar-refractivity contribution in [1.82, 2.24) is 24.6 Å². The average molecular weight is 530 g/mol. The minimum Gasteiger partial charge on any atom is -0.474 e. The highest BCUT2D eigenvalue weighted by molar-refractivity contribution is 6.30. The molecule has 1 saturated carbocycles. The summed E-state index contributed by atoms with van der Waals surface area (Å²) in [6.45, 7) is 6.25. The molecule has 1 fully saturated rings. The molecule has 36 heavy (non-hydrogen) atoms. The highest BCUT2D eigenvalue weighted by Gasteiger charge is 2.33. The Kier molecular flexibility index (Phi) is 6.83. The van der Waals surface area contributed by atoms with Gasteiger partial charge < -0.3 is 9.47 Å². The number of hydrogen-bond donors (Lipinski definition) is 0. The van der Waals surface area contributed by atoms with Gasteiger partial charge in [-0.3, -0.25) is 9.47 Å². The van der Waals surface area contributed by atoms with E-state index in [2.05, 4.69) is 19.7 Å². The van der Waals surface area contributed by atoms with Crippen LogP contribution in [0.25, 0.3) is 5.69 Å². The number of amides is 1. The van der Waals surface area contributed by atoms with Crippen LogP contribution in [0.5, 0.6) is 5.88 Å². The van der Waals surface area contributed by atoms with Gasteiger partial charge in [0.15, 0.2) is 5.82 Å². The van der Waals surface area contributed by atoms with E-state index in [1.807, 2.05) is 39.0 Å². The van der Waals surface area contributed by atoms with Gasteiger partial charge in [0.2, 0.25) is 5.88 Å². The van der Waals surface area contributed by atoms with Crippen LogP contribution in [0.1, 0.15) is 69.6 Å². The third-order valence-electron chi connectivity index (χ3n) is 6.41. The van der Waals surface area contributed by atoms with Crippen LogP contribution in [0.15, 0.2) is 36.5 Å². The van der Waals surface area contributed by atoms with Crippen molar-refractivity contribution >= 4 is 29.3 Å². The highest BCUT2D eigenvalue weighted by Crippen LogP contribution is 2.37. The monoisotopic (exact) mass is 529 g/mol. The summed E-state index contributed by atoms with van der Waals surface area (Å²) in [5.41, 5.74) is 1.28. The van der Waals surface area contributed by atoms with Crippen LogP contribution >= 0.6 is 23.2 Å². The Balaban J connectivity index is 1.38. The van der Waals surface area contributed by atoms with Gasteiger partial charge in [-0.1, -0.05) is 23.2 Å². The van der Waals surface area contributed by atoms with Gasteiger partial charge in [0.05, 0.1) is 23.8 Å². The summed E-state index contributed by atoms with van der Waals surface area (Å²) >= 11 is 12.3. The molecule has 0 radical (unpaired) electrons. The van der Waals surface area contributed by atoms with Crippen LogP contribution in [-0.4, -0.2) is 42.4 Å². The van der Waals surface area contributed by atoms with Gasteiger partial charge in [0.1, 0.15) is 17.5 Å². The van der Waals surface area contributed by atoms with Gasteiger partial charge in [0.25, 0.3) is 0 Å². The molecular formula is C26H29Cl2N5O3. The second-order valence-electron chi connectivity index (χ2n) is 10.3. The molecule has 0 spiro atoms. The van der Waals surface area contributed by atoms with E-state index in [4.69, 9.17) is 32.7 Å². The molecule has 1 aromatic carbocycles. The van der Waals surface area contributed by atoms with E-state index in [9.17, 15) is 4.79 Å². The fourth-order valence-corrected chi connectivity index (χ4v) is 5.09. The van der Waals surface area contributed by atoms with Gasteiger partial charge in [-0.15, -0.1) is 10.2 Å². The smallest absolute Gasteiger partial charge is 0.411 e. The van der Waals surface area contributed by atoms with Crippen LogP contribution in [0.2, 0.25) is 10.0 Å². The Morgan fingerprint density at radius 2 is 1.75 bits per heavy atom. The molecule has 0 bridgehead atoms. The molecule has 2 aliphatic rings. The number of pyridine rings is 1. The van der Waals surface area contributed by atoms with Crippen LogP contribution in [0.4, 0.5) is 4.79 Å². The van der Waals surface area contributed by atoms with Crippen LogP contribution < -0.4 is 4.74 Å². The third kappa shape index (κ3) is 5.44. The highest BCUT2D eigenvalue weighted by atomic mass is 35.5. The van der Waals surface area contributed by atoms with E-state index < -0.39 is 5.60 Å². The lowest BCUT2D eigenvalue weighted by atomic mass is 9.86. The van der Waals surface area contributed by atoms with E-state index in [1.165, 1.54) is 0 Å². The molecule has 10 heteroatoms. The van der Waals surface area contributed by atoms with E-state index in [-0.39, 0.29) is 18.1 Å². The normalized spacial score (nSPS) is 19.8. The topological polar surface area (TPSA) is 82.4 Å². The van der Waals surface area contributed by atoms with Crippen molar-refractivity contribution in [2.75, 3.05) is 0 Å². The SMILES string of the molecule is CC(C)(C)OC(=O)N1Cc2cc(Cl)ccc2-n2c(nnc2[C@H]2CC[C@H](Oc3ccc(Cl)cn3)CC2)C1. The first-order valence-electron chi connectivity index (χ1n) is 12.2. The Bertz CT molecular complexity index is 1250. The lowest BCUT2D eigenvalue weighted by molar-refractivity contribution is 0.0214. The maximum atomic E-state index is 13.0. The fourth-order valence-electron chi connectivity index (χ4n) is 4.79. The number of ether oxygens (including phenoxy) is 2. The zero-order valence-electron chi connectivity index (χ0n) is 20.6. The first-order valence-corrected chi connectivity index (χ1v) is 12.9. The Morgan fingerprint density at radius 3 is 2.44 bits per heavy atom. The second-order valence-corrected chi connectivity index (χ2v) is 11.2. The van der Waals surface area contributed by atoms with Gasteiger partial charge in [-0.2, -0.15) is 0 Å². The lowest BCUT2D eigenvalue weighted by Crippen LogP contribution is -2.35. The number of carbonyl (C=O) groups excluding carboxylic acids is 1. The van der Waals surface area contributed by atoms with E-state index in [0.717, 1.165) is 42.8 Å². The summed E-state index contributed by atoms with van der Waals surface area (Å²) in [4.78, 5) is 18.9. The molecule has 8 nitrogen and oxygen atoms in total. The zero-order valence-corrected chi connectivity index (χ0v) is 22.1. The van der Waals surface area contributed by atoms with E-state index in [0.29, 0.717) is 34.8 Å². The Morgan fingerprint density at radius 1 is 1.00 bits per heavy atom. The molecule has 0 saturated heterocycles. The van der Waals surface area contributed by atoms with Crippen LogP contribution in [0.3, 0.4) is 0 Å². The minimum atomic E-state index is -0.596. The summed E-state index contributed by atoms with van der Waals surface area (Å²) in [7, 11) is 0. The molecule has 190 valence electrons. The van der Waals surface area contributed by atoms with Crippen LogP contribution in [-0.2, 0) is 17.8 Å². The standard InChI is InChI=1S/C26H29Cl2N5O3/c1-26(2,3)36-25(34)32-14-17-12-18(27)6-10-21(17)33-22(15-32)30-31-24(33)16-4-8-20(9-5-16)35-23-11-7-19(28)13-29-23/h6-7,10-13,16,20H,4-5,8-9,14-15H2,1-3H3/t16-,20-. The number of rotatable bonds is 3. The number of aromatic nitrogens is 4. The van der Waals surface area contributed by atoms with Crippen molar-refractivity contribution in [1.29, 1.82) is 0 Å². The molecule has 2 aromatic heterocycles. The first-order chi connectivity index (χ1) is 17.2. The van der Waals surface area contributed by atoms with Gasteiger partial charge in [-0.25, -0.2) is 9.78 Å². The number of halogens is 2. The first kappa shape index (κ1) is 24.8. The van der Waals surface area contributed by atoms with Crippen LogP contribution in [0, 0.1) is 0 Å². The fraction of sp³-hybridized carbons (Fsp3) is 0.462. The van der Waals surface area contributed by atoms with Crippen molar-refractivity contribution in [3.63, 3.8) is 0 Å². The summed E-state index contributed by atoms with van der Waals surface area (Å²) in [5.74, 6) is 2.43. The molecule has 3 heterocycles. The van der Waals surface area contributed by atoms with Crippen molar-refractivity contribution in [3.05, 3.63) is 63.8 Å². The molecule has 1 aliphatic heterocycles. The Hall–Kier alpha value is -2.84. The molecule has 5 rings (SSSR count). The number of hydrogen-bond acceptors (Lipinski definition) is 6. The molecule has 1 aliphatic carbocycles. The molecule has 3 aromatic rings. The number of fused-ring (bicyclic) bond motifs is 3. The summed E-state index contributed by atoms with van der Waals surface area (Å²) in [5, 5.41) is 10.3. The summed E-state index contributed by atoms with van der Waals surface area (Å²) in [6, 6.07) is 9.32. The number of benzene rings is 1. The number of nitrogens with zero attached hydrogens (tertiary/aromatic N) is 5. The third-order valence-corrected chi connectivity index (χ3v) is 6.87. The van der Waals surface area contributed by atoms with Crippen molar-refractivity contribution in [3.8, 4) is 11.6 Å². The molecule has 0 atom stereocenters. The Labute approximate surface area is 220 Å². The van der Waals surface area contributed by atoms with E-state index >= 15 is 0 Å². The quantitative estimate of drug-likeness (QED) is 0.394. The second kappa shape index (κ2) is 9.90. The van der Waals surface area contributed by atoms with Gasteiger partial charge >= 0.3 is 6.09 Å². The summed E-state index contributed by atoms with van der Waals surface area (Å²) in [6.07, 6.45) is 4.89. The maximum absolute atomic E-state index is 13.0. The summed E-state index contributed by atoms with van der Waals surface area (Å²) < 4.78 is 13.8. The largest absolute Gasteiger partial charge is 0.474 e. The van der Waals surface area contributed by atoms with E-state index in [1.54, 1.807) is 23.2 Å². The average Bonchev–Trinajstić information content (AvgIpc) is 3.15. The minimum absolute atomic E-state index is 0.0928. The molecule has 0 unspecified atom stereocenters. The zero-order chi connectivity index (χ0) is 25.4. The predicted molar refractivity (Wildman–Crippen MR) is 137 cm³/mol. The molecular weight excluding hydrogens is 501 g/mol. The van der Waals surface area contributed by atoms with Gasteiger partial charge in [-0.05, 0) is 76.3 Å². The predicted octanol–water partition coefficient (Wildman–Crippen LogP) is 6.33. The maximum Gasteiger partial charge on any atom is 0.411 e. The van der Waals surface area contributed by atoms with Crippen molar-refractivity contribution < 1.29 is 14.3 Å². The number of carbonyl (C=O) groups is 1. The lowest BCUT2D eigenvalue weighted by Gasteiger charge is -2.28. The molecule has 1 amide bonds. The van der Waals surface area contributed by atoms with Crippen molar-refractivity contribution in [2.45, 2.75) is 77.2 Å². The van der Waals surface area contributed by atoms with Crippen molar-refractivity contribution in [2.24, 2.45) is 0 Å². The van der Waals surface area contributed by atoms with Gasteiger partial charge in [0, 0.05) is 23.2 Å².